The van der Waals surface area contributed by atoms with Crippen molar-refractivity contribution in [2.24, 2.45) is 0 Å². The summed E-state index contributed by atoms with van der Waals surface area (Å²) in [4.78, 5) is 24.0. The molecule has 0 saturated carbocycles. The van der Waals surface area contributed by atoms with Crippen LogP contribution in [0, 0.1) is 11.6 Å². The van der Waals surface area contributed by atoms with Gasteiger partial charge in [0.1, 0.15) is 5.75 Å². The predicted molar refractivity (Wildman–Crippen MR) is 111 cm³/mol. The topological polar surface area (TPSA) is 102 Å². The van der Waals surface area contributed by atoms with E-state index in [0.717, 1.165) is 28.8 Å². The van der Waals surface area contributed by atoms with Crippen molar-refractivity contribution in [2.45, 2.75) is 12.8 Å². The molecule has 0 saturated heterocycles. The van der Waals surface area contributed by atoms with Crippen molar-refractivity contribution < 1.29 is 36.3 Å². The number of hydrogen-bond donors (Lipinski definition) is 1. The summed E-state index contributed by atoms with van der Waals surface area (Å²) >= 11 is 0. The average molecular weight is 456 g/mol. The van der Waals surface area contributed by atoms with Crippen LogP contribution in [0.2, 0.25) is 0 Å². The van der Waals surface area contributed by atoms with Crippen LogP contribution in [-0.4, -0.2) is 47.3 Å². The van der Waals surface area contributed by atoms with E-state index in [9.17, 15) is 26.8 Å². The summed E-state index contributed by atoms with van der Waals surface area (Å²) < 4.78 is 61.5. The SMILES string of the molecule is COC(=O)c1ccc(OC)c(NC(=O)CCCN(c2ccc(F)c(F)c2)S(C)(=O)=O)c1. The molecule has 0 bridgehead atoms. The van der Waals surface area contributed by atoms with Crippen LogP contribution in [0.3, 0.4) is 0 Å². The number of sulfonamides is 1. The van der Waals surface area contributed by atoms with Crippen LogP contribution in [0.5, 0.6) is 5.75 Å². The zero-order chi connectivity index (χ0) is 23.2. The number of methoxy groups -OCH3 is 2. The molecule has 2 aromatic carbocycles. The summed E-state index contributed by atoms with van der Waals surface area (Å²) in [5.74, 6) is -3.01. The summed E-state index contributed by atoms with van der Waals surface area (Å²) in [5.41, 5.74) is 0.408. The lowest BCUT2D eigenvalue weighted by Gasteiger charge is -2.22. The minimum Gasteiger partial charge on any atom is -0.495 e. The smallest absolute Gasteiger partial charge is 0.337 e. The van der Waals surface area contributed by atoms with Crippen LogP contribution < -0.4 is 14.4 Å². The first-order valence-corrected chi connectivity index (χ1v) is 10.9. The lowest BCUT2D eigenvalue weighted by molar-refractivity contribution is -0.116. The molecule has 0 heterocycles. The highest BCUT2D eigenvalue weighted by molar-refractivity contribution is 7.92. The summed E-state index contributed by atoms with van der Waals surface area (Å²) in [6, 6.07) is 7.12. The number of anilines is 2. The van der Waals surface area contributed by atoms with Gasteiger partial charge in [-0.2, -0.15) is 0 Å². The fraction of sp³-hybridized carbons (Fsp3) is 0.300. The van der Waals surface area contributed by atoms with Gasteiger partial charge in [0, 0.05) is 19.0 Å². The van der Waals surface area contributed by atoms with Crippen LogP contribution in [-0.2, 0) is 19.6 Å². The quantitative estimate of drug-likeness (QED) is 0.582. The van der Waals surface area contributed by atoms with E-state index in [4.69, 9.17) is 4.74 Å². The van der Waals surface area contributed by atoms with Gasteiger partial charge in [-0.15, -0.1) is 0 Å². The molecule has 1 N–H and O–H groups in total. The highest BCUT2D eigenvalue weighted by Gasteiger charge is 2.19. The Labute approximate surface area is 178 Å². The second-order valence-electron chi connectivity index (χ2n) is 6.49. The van der Waals surface area contributed by atoms with E-state index in [-0.39, 0.29) is 36.3 Å². The summed E-state index contributed by atoms with van der Waals surface area (Å²) in [6.07, 6.45) is 0.940. The highest BCUT2D eigenvalue weighted by Crippen LogP contribution is 2.26. The number of amides is 1. The number of rotatable bonds is 9. The van der Waals surface area contributed by atoms with Crippen LogP contribution >= 0.6 is 0 Å². The molecule has 0 aromatic heterocycles. The Hall–Kier alpha value is -3.21. The number of carbonyl (C=O) groups excluding carboxylic acids is 2. The largest absolute Gasteiger partial charge is 0.495 e. The van der Waals surface area contributed by atoms with E-state index in [1.165, 1.54) is 32.4 Å². The van der Waals surface area contributed by atoms with Gasteiger partial charge in [-0.25, -0.2) is 22.0 Å². The first-order valence-electron chi connectivity index (χ1n) is 9.05. The van der Waals surface area contributed by atoms with Gasteiger partial charge in [0.2, 0.25) is 15.9 Å². The Balaban J connectivity index is 2.07. The molecule has 0 aliphatic rings. The second kappa shape index (κ2) is 10.2. The van der Waals surface area contributed by atoms with E-state index < -0.39 is 33.5 Å². The molecule has 1 amide bonds. The number of hydrogen-bond acceptors (Lipinski definition) is 6. The number of esters is 1. The molecular weight excluding hydrogens is 434 g/mol. The standard InChI is InChI=1S/C20H22F2N2O6S/c1-29-18-9-6-13(20(26)30-2)11-17(18)23-19(25)5-4-10-24(31(3,27)28)14-7-8-15(21)16(22)12-14/h6-9,11-12H,4-5,10H2,1-3H3,(H,23,25). The Morgan fingerprint density at radius 3 is 2.35 bits per heavy atom. The van der Waals surface area contributed by atoms with Crippen molar-refractivity contribution in [3.8, 4) is 5.75 Å². The number of benzene rings is 2. The molecule has 2 rings (SSSR count). The minimum atomic E-state index is -3.79. The van der Waals surface area contributed by atoms with Gasteiger partial charge in [-0.05, 0) is 36.8 Å². The van der Waals surface area contributed by atoms with Crippen LogP contribution in [0.25, 0.3) is 0 Å². The van der Waals surface area contributed by atoms with Gasteiger partial charge >= 0.3 is 5.97 Å². The molecule has 0 fully saturated rings. The Bertz CT molecular complexity index is 1080. The van der Waals surface area contributed by atoms with Gasteiger partial charge in [0.25, 0.3) is 0 Å². The van der Waals surface area contributed by atoms with Gasteiger partial charge in [-0.3, -0.25) is 9.10 Å². The predicted octanol–water partition coefficient (Wildman–Crippen LogP) is 2.94. The van der Waals surface area contributed by atoms with Crippen molar-refractivity contribution in [3.05, 3.63) is 53.6 Å². The van der Waals surface area contributed by atoms with Crippen molar-refractivity contribution in [1.29, 1.82) is 0 Å². The van der Waals surface area contributed by atoms with E-state index >= 15 is 0 Å². The van der Waals surface area contributed by atoms with Crippen molar-refractivity contribution in [1.82, 2.24) is 0 Å². The number of carbonyl (C=O) groups is 2. The Kier molecular flexibility index (Phi) is 7.92. The number of ether oxygens (including phenoxy) is 2. The van der Waals surface area contributed by atoms with E-state index in [0.29, 0.717) is 5.75 Å². The lowest BCUT2D eigenvalue weighted by Crippen LogP contribution is -2.31. The highest BCUT2D eigenvalue weighted by atomic mass is 32.2. The molecule has 168 valence electrons. The average Bonchev–Trinajstić information content (AvgIpc) is 2.71. The molecule has 2 aromatic rings. The van der Waals surface area contributed by atoms with Crippen LogP contribution in [0.4, 0.5) is 20.2 Å². The molecule has 31 heavy (non-hydrogen) atoms. The van der Waals surface area contributed by atoms with Crippen LogP contribution in [0.15, 0.2) is 36.4 Å². The third-order valence-electron chi connectivity index (χ3n) is 4.25. The fourth-order valence-electron chi connectivity index (χ4n) is 2.77. The van der Waals surface area contributed by atoms with Gasteiger partial charge < -0.3 is 14.8 Å². The molecule has 0 aliphatic heterocycles. The Morgan fingerprint density at radius 2 is 1.77 bits per heavy atom. The first-order chi connectivity index (χ1) is 14.6. The van der Waals surface area contributed by atoms with E-state index in [1.54, 1.807) is 0 Å². The molecular formula is C20H22F2N2O6S. The zero-order valence-electron chi connectivity index (χ0n) is 17.1. The first kappa shape index (κ1) is 24.1. The van der Waals surface area contributed by atoms with Crippen molar-refractivity contribution in [2.75, 3.05) is 36.6 Å². The molecule has 0 unspecified atom stereocenters. The number of halogens is 2. The number of nitrogens with zero attached hydrogens (tertiary/aromatic N) is 1. The molecule has 0 spiro atoms. The zero-order valence-corrected chi connectivity index (χ0v) is 18.0. The fourth-order valence-corrected chi connectivity index (χ4v) is 3.73. The Morgan fingerprint density at radius 1 is 1.06 bits per heavy atom. The second-order valence-corrected chi connectivity index (χ2v) is 8.40. The summed E-state index contributed by atoms with van der Waals surface area (Å²) in [7, 11) is -1.17. The molecule has 0 atom stereocenters. The molecule has 8 nitrogen and oxygen atoms in total. The van der Waals surface area contributed by atoms with Crippen molar-refractivity contribution >= 4 is 33.3 Å². The lowest BCUT2D eigenvalue weighted by atomic mass is 10.1. The van der Waals surface area contributed by atoms with E-state index in [2.05, 4.69) is 10.1 Å². The van der Waals surface area contributed by atoms with Crippen LogP contribution in [0.1, 0.15) is 23.2 Å². The molecule has 11 heteroatoms. The summed E-state index contributed by atoms with van der Waals surface area (Å²) in [5, 5.41) is 2.60. The van der Waals surface area contributed by atoms with E-state index in [1.807, 2.05) is 0 Å². The van der Waals surface area contributed by atoms with Gasteiger partial charge in [0.05, 0.1) is 37.4 Å². The maximum absolute atomic E-state index is 13.5. The normalized spacial score (nSPS) is 11.0. The maximum Gasteiger partial charge on any atom is 0.337 e. The minimum absolute atomic E-state index is 0.0470. The van der Waals surface area contributed by atoms with Gasteiger partial charge in [0.15, 0.2) is 11.6 Å². The maximum atomic E-state index is 13.5. The summed E-state index contributed by atoms with van der Waals surface area (Å²) in [6.45, 7) is -0.128. The third-order valence-corrected chi connectivity index (χ3v) is 5.45. The molecule has 0 aliphatic carbocycles. The third kappa shape index (κ3) is 6.38. The van der Waals surface area contributed by atoms with Gasteiger partial charge in [-0.1, -0.05) is 0 Å². The molecule has 0 radical (unpaired) electrons. The monoisotopic (exact) mass is 456 g/mol. The number of nitrogens with one attached hydrogen (secondary N) is 1. The van der Waals surface area contributed by atoms with Crippen molar-refractivity contribution in [3.63, 3.8) is 0 Å².